The number of benzene rings is 3. The predicted octanol–water partition coefficient (Wildman–Crippen LogP) is 11.5. The van der Waals surface area contributed by atoms with Crippen LogP contribution in [0.3, 0.4) is 0 Å². The fraction of sp³-hybridized carbons (Fsp3) is 0.115. The van der Waals surface area contributed by atoms with E-state index in [0.29, 0.717) is 25.0 Å². The summed E-state index contributed by atoms with van der Waals surface area (Å²) in [5.41, 5.74) is 24.3. The van der Waals surface area contributed by atoms with E-state index in [9.17, 15) is 14.4 Å². The molecular weight excluding hydrogens is 1040 g/mol. The Morgan fingerprint density at radius 1 is 0.456 bits per heavy atom. The monoisotopic (exact) mass is 1090 g/mol. The van der Waals surface area contributed by atoms with Crippen molar-refractivity contribution in [2.24, 2.45) is 11.5 Å². The Balaban J connectivity index is 0.000000134. The van der Waals surface area contributed by atoms with Crippen LogP contribution in [-0.4, -0.2) is 70.3 Å². The summed E-state index contributed by atoms with van der Waals surface area (Å²) in [5, 5.41) is 30.7. The first kappa shape index (κ1) is 53.1. The highest BCUT2D eigenvalue weighted by Gasteiger charge is 2.22. The van der Waals surface area contributed by atoms with Crippen molar-refractivity contribution in [1.29, 1.82) is 0 Å². The molecule has 0 saturated heterocycles. The fourth-order valence-electron chi connectivity index (χ4n) is 8.60. The zero-order valence-electron chi connectivity index (χ0n) is 43.3. The minimum absolute atomic E-state index is 0.216. The van der Waals surface area contributed by atoms with Crippen molar-refractivity contribution in [2.75, 3.05) is 7.05 Å². The summed E-state index contributed by atoms with van der Waals surface area (Å²) >= 11 is 4.60. The second-order valence-electron chi connectivity index (χ2n) is 18.5. The van der Waals surface area contributed by atoms with Crippen LogP contribution >= 0.6 is 34.0 Å². The number of carbonyl (C=O) groups excluding carboxylic acids is 3. The lowest BCUT2D eigenvalue weighted by Crippen LogP contribution is -2.20. The summed E-state index contributed by atoms with van der Waals surface area (Å²) in [4.78, 5) is 51.6. The quantitative estimate of drug-likeness (QED) is 0.104. The maximum Gasteiger partial charge on any atom is 0.273 e. The summed E-state index contributed by atoms with van der Waals surface area (Å²) in [6, 6.07) is 44.8. The Kier molecular flexibility index (Phi) is 16.0. The number of carbonyl (C=O) groups is 3. The number of hydrogen-bond acceptors (Lipinski definition) is 15. The molecule has 0 aliphatic carbocycles. The number of rotatable bonds is 12. The van der Waals surface area contributed by atoms with Gasteiger partial charge in [0.1, 0.15) is 0 Å². The molecule has 0 fully saturated rings. The van der Waals surface area contributed by atoms with Gasteiger partial charge >= 0.3 is 0 Å². The lowest BCUT2D eigenvalue weighted by molar-refractivity contribution is 0.0956. The SMILES string of the molecule is CNC(=O)c1nnc(Cc2cccnc2)c2cc(-c3ccc(C)cc3)sc12.Cc1ccc(-c2cc3c(Cc4ccccn4)nnc(C(N)=O)c3s2)cc1.Cc1ccc(-c2cc3c(Cc4ccncc4)nnc(C(N)=O)c3s2)cc1. The normalized spacial score (nSPS) is 10.9. The molecule has 0 aliphatic rings. The second kappa shape index (κ2) is 23.9. The summed E-state index contributed by atoms with van der Waals surface area (Å²) in [5.74, 6) is -1.35. The highest BCUT2D eigenvalue weighted by molar-refractivity contribution is 7.23. The zero-order chi connectivity index (χ0) is 55.0. The molecule has 3 aromatic carbocycles. The second-order valence-corrected chi connectivity index (χ2v) is 21.7. The van der Waals surface area contributed by atoms with Gasteiger partial charge < -0.3 is 16.8 Å². The van der Waals surface area contributed by atoms with E-state index in [0.717, 1.165) is 95.5 Å². The van der Waals surface area contributed by atoms with Gasteiger partial charge in [0.15, 0.2) is 17.1 Å². The minimum Gasteiger partial charge on any atom is -0.364 e. The maximum absolute atomic E-state index is 12.3. The van der Waals surface area contributed by atoms with E-state index < -0.39 is 11.8 Å². The minimum atomic E-state index is -0.566. The van der Waals surface area contributed by atoms with Crippen LogP contribution in [0.25, 0.3) is 61.6 Å². The zero-order valence-corrected chi connectivity index (χ0v) is 45.8. The summed E-state index contributed by atoms with van der Waals surface area (Å²) in [7, 11) is 1.61. The topological polar surface area (TPSA) is 231 Å². The fourth-order valence-corrected chi connectivity index (χ4v) is 12.1. The molecule has 0 aliphatic heterocycles. The van der Waals surface area contributed by atoms with E-state index in [-0.39, 0.29) is 17.3 Å². The standard InChI is InChI=1S/C21H18N4OS.2C20H16N4OS/c1-13-5-7-15(8-6-13)18-11-16-17(10-14-4-3-9-23-12-14)24-25-19(20(16)27-18)21(26)22-2;1-12-2-4-14(5-3-12)17-11-15-16(10-13-6-8-22-9-7-13)23-24-18(20(21)25)19(15)26-17;1-12-5-7-13(8-6-12)17-11-15-16(10-14-4-2-3-9-22-14)23-24-18(20(21)25)19(15)26-17/h3-9,11-12H,10H2,1-2H3,(H,22,26);2*2-9,11H,10H2,1H3,(H2,21,25). The molecule has 3 amide bonds. The summed E-state index contributed by atoms with van der Waals surface area (Å²) in [6.45, 7) is 6.18. The highest BCUT2D eigenvalue weighted by Crippen LogP contribution is 2.39. The molecule has 0 radical (unpaired) electrons. The number of nitrogens with two attached hydrogens (primary N) is 2. The lowest BCUT2D eigenvalue weighted by Gasteiger charge is -2.05. The van der Waals surface area contributed by atoms with Gasteiger partial charge in [-0.25, -0.2) is 0 Å². The Morgan fingerprint density at radius 2 is 0.899 bits per heavy atom. The molecule has 0 atom stereocenters. The highest BCUT2D eigenvalue weighted by atomic mass is 32.1. The Labute approximate surface area is 466 Å². The first-order valence-corrected chi connectivity index (χ1v) is 27.4. The van der Waals surface area contributed by atoms with Crippen molar-refractivity contribution in [2.45, 2.75) is 40.0 Å². The molecule has 9 heterocycles. The maximum atomic E-state index is 12.3. The third-order valence-electron chi connectivity index (χ3n) is 12.8. The van der Waals surface area contributed by atoms with Gasteiger partial charge in [-0.05, 0) is 97.1 Å². The number of thiophene rings is 3. The van der Waals surface area contributed by atoms with Gasteiger partial charge in [-0.2, -0.15) is 15.3 Å². The molecule has 12 aromatic rings. The molecule has 15 nitrogen and oxygen atoms in total. The number of aromatic nitrogens is 9. The van der Waals surface area contributed by atoms with Crippen LogP contribution in [0.2, 0.25) is 0 Å². The van der Waals surface area contributed by atoms with E-state index in [1.165, 1.54) is 39.4 Å². The van der Waals surface area contributed by atoms with Gasteiger partial charge in [0.25, 0.3) is 17.7 Å². The third-order valence-corrected chi connectivity index (χ3v) is 16.4. The average molecular weight is 1100 g/mol. The van der Waals surface area contributed by atoms with E-state index >= 15 is 0 Å². The summed E-state index contributed by atoms with van der Waals surface area (Å²) < 4.78 is 2.42. The first-order chi connectivity index (χ1) is 38.4. The summed E-state index contributed by atoms with van der Waals surface area (Å²) in [6.07, 6.45) is 10.6. The van der Waals surface area contributed by atoms with Crippen molar-refractivity contribution in [3.05, 3.63) is 232 Å². The molecule has 18 heteroatoms. The van der Waals surface area contributed by atoms with Crippen molar-refractivity contribution in [1.82, 2.24) is 50.9 Å². The smallest absolute Gasteiger partial charge is 0.273 e. The number of aryl methyl sites for hydroxylation is 3. The Morgan fingerprint density at radius 3 is 1.32 bits per heavy atom. The van der Waals surface area contributed by atoms with Gasteiger partial charge in [-0.3, -0.25) is 29.3 Å². The number of amides is 3. The van der Waals surface area contributed by atoms with Gasteiger partial charge in [0.05, 0.1) is 31.2 Å². The molecular formula is C61H50N12O3S3. The van der Waals surface area contributed by atoms with Crippen LogP contribution in [0, 0.1) is 20.8 Å². The van der Waals surface area contributed by atoms with E-state index in [2.05, 4.69) is 163 Å². The molecule has 9 aromatic heterocycles. The third kappa shape index (κ3) is 12.3. The van der Waals surface area contributed by atoms with Crippen molar-refractivity contribution in [3.63, 3.8) is 0 Å². The lowest BCUT2D eigenvalue weighted by atomic mass is 10.1. The Bertz CT molecular complexity index is 3960. The molecule has 5 N–H and O–H groups in total. The van der Waals surface area contributed by atoms with Crippen LogP contribution in [0.4, 0.5) is 0 Å². The Hall–Kier alpha value is -9.36. The van der Waals surface area contributed by atoms with Crippen LogP contribution in [0.15, 0.2) is 164 Å². The molecule has 390 valence electrons. The van der Waals surface area contributed by atoms with Crippen molar-refractivity contribution >= 4 is 82.0 Å². The number of nitrogens with one attached hydrogen (secondary N) is 1. The van der Waals surface area contributed by atoms with Crippen molar-refractivity contribution in [3.8, 4) is 31.3 Å². The molecule has 79 heavy (non-hydrogen) atoms. The molecule has 12 rings (SSSR count). The number of nitrogens with zero attached hydrogens (tertiary/aromatic N) is 9. The van der Waals surface area contributed by atoms with E-state index in [1.807, 2.05) is 48.7 Å². The van der Waals surface area contributed by atoms with Crippen LogP contribution in [0.5, 0.6) is 0 Å². The van der Waals surface area contributed by atoms with Crippen LogP contribution < -0.4 is 16.8 Å². The predicted molar refractivity (Wildman–Crippen MR) is 314 cm³/mol. The van der Waals surface area contributed by atoms with Gasteiger partial charge in [-0.1, -0.05) is 102 Å². The van der Waals surface area contributed by atoms with Gasteiger partial charge in [0, 0.05) is 93.8 Å². The van der Waals surface area contributed by atoms with Gasteiger partial charge in [0.2, 0.25) is 0 Å². The van der Waals surface area contributed by atoms with Gasteiger partial charge in [-0.15, -0.1) is 49.3 Å². The van der Waals surface area contributed by atoms with Crippen LogP contribution in [-0.2, 0) is 19.3 Å². The number of primary amides is 2. The molecule has 0 spiro atoms. The van der Waals surface area contributed by atoms with E-state index in [4.69, 9.17) is 11.5 Å². The van der Waals surface area contributed by atoms with E-state index in [1.54, 1.807) is 43.2 Å². The molecule has 0 unspecified atom stereocenters. The first-order valence-electron chi connectivity index (χ1n) is 25.0. The number of fused-ring (bicyclic) bond motifs is 3. The number of hydrogen-bond donors (Lipinski definition) is 3. The van der Waals surface area contributed by atoms with Crippen LogP contribution in [0.1, 0.15) is 82.1 Å². The average Bonchev–Trinajstić information content (AvgIpc) is 4.34. The largest absolute Gasteiger partial charge is 0.364 e. The van der Waals surface area contributed by atoms with Crippen molar-refractivity contribution < 1.29 is 14.4 Å². The molecule has 0 saturated carbocycles. The molecule has 0 bridgehead atoms. The number of pyridine rings is 3.